The molecule has 0 aliphatic rings. The van der Waals surface area contributed by atoms with E-state index in [0.29, 0.717) is 32.9 Å². The number of nitrogen functional groups attached to an aromatic ring is 1. The summed E-state index contributed by atoms with van der Waals surface area (Å²) in [6.07, 6.45) is 0. The molecular formula is C14H9ClN2O3. The lowest BCUT2D eigenvalue weighted by molar-refractivity contribution is 0.103. The maximum absolute atomic E-state index is 12.3. The summed E-state index contributed by atoms with van der Waals surface area (Å²) in [5.74, 6) is -0.780. The molecule has 0 saturated heterocycles. The zero-order valence-corrected chi connectivity index (χ0v) is 10.9. The van der Waals surface area contributed by atoms with Crippen LogP contribution in [-0.4, -0.2) is 10.8 Å². The third-order valence-electron chi connectivity index (χ3n) is 2.95. The van der Waals surface area contributed by atoms with Crippen molar-refractivity contribution >= 4 is 34.2 Å². The van der Waals surface area contributed by atoms with Crippen molar-refractivity contribution < 1.29 is 9.21 Å². The van der Waals surface area contributed by atoms with Gasteiger partial charge in [-0.2, -0.15) is 0 Å². The maximum atomic E-state index is 12.3. The Labute approximate surface area is 118 Å². The summed E-state index contributed by atoms with van der Waals surface area (Å²) in [6, 6.07) is 9.43. The SMILES string of the molecule is Nc1ccc(C(=O)c2ccc3[nH]c(=O)oc3c2)cc1Cl. The number of halogens is 1. The van der Waals surface area contributed by atoms with Crippen LogP contribution in [0.25, 0.3) is 11.1 Å². The maximum Gasteiger partial charge on any atom is 0.417 e. The van der Waals surface area contributed by atoms with Crippen molar-refractivity contribution in [3.05, 3.63) is 63.1 Å². The van der Waals surface area contributed by atoms with E-state index < -0.39 is 5.76 Å². The Morgan fingerprint density at radius 2 is 1.85 bits per heavy atom. The van der Waals surface area contributed by atoms with Gasteiger partial charge < -0.3 is 10.2 Å². The van der Waals surface area contributed by atoms with Gasteiger partial charge in [0.25, 0.3) is 0 Å². The summed E-state index contributed by atoms with van der Waals surface area (Å²) >= 11 is 5.90. The highest BCUT2D eigenvalue weighted by Gasteiger charge is 2.12. The number of ketones is 1. The van der Waals surface area contributed by atoms with Gasteiger partial charge in [-0.15, -0.1) is 0 Å². The van der Waals surface area contributed by atoms with Crippen LogP contribution in [0.5, 0.6) is 0 Å². The first-order chi connectivity index (χ1) is 9.54. The zero-order chi connectivity index (χ0) is 14.3. The van der Waals surface area contributed by atoms with Gasteiger partial charge in [-0.05, 0) is 36.4 Å². The topological polar surface area (TPSA) is 89.1 Å². The lowest BCUT2D eigenvalue weighted by atomic mass is 10.0. The number of hydrogen-bond donors (Lipinski definition) is 2. The third kappa shape index (κ3) is 2.08. The van der Waals surface area contributed by atoms with Crippen LogP contribution in [0.15, 0.2) is 45.6 Å². The number of carbonyl (C=O) groups excluding carboxylic acids is 1. The smallest absolute Gasteiger partial charge is 0.408 e. The van der Waals surface area contributed by atoms with E-state index in [-0.39, 0.29) is 5.78 Å². The molecule has 0 atom stereocenters. The highest BCUT2D eigenvalue weighted by molar-refractivity contribution is 6.33. The van der Waals surface area contributed by atoms with Crippen molar-refractivity contribution in [2.45, 2.75) is 0 Å². The Morgan fingerprint density at radius 3 is 2.60 bits per heavy atom. The second-order valence-corrected chi connectivity index (χ2v) is 4.70. The highest BCUT2D eigenvalue weighted by atomic mass is 35.5. The van der Waals surface area contributed by atoms with E-state index in [1.807, 2.05) is 0 Å². The second-order valence-electron chi connectivity index (χ2n) is 4.29. The molecule has 0 aliphatic carbocycles. The number of oxazole rings is 1. The van der Waals surface area contributed by atoms with Gasteiger partial charge in [0, 0.05) is 11.1 Å². The van der Waals surface area contributed by atoms with Gasteiger partial charge >= 0.3 is 5.76 Å². The van der Waals surface area contributed by atoms with Crippen molar-refractivity contribution in [1.29, 1.82) is 0 Å². The number of H-pyrrole nitrogens is 1. The number of anilines is 1. The minimum atomic E-state index is -0.555. The average molecular weight is 289 g/mol. The lowest BCUT2D eigenvalue weighted by Crippen LogP contribution is -2.01. The average Bonchev–Trinajstić information content (AvgIpc) is 2.80. The van der Waals surface area contributed by atoms with Gasteiger partial charge in [-0.25, -0.2) is 4.79 Å². The predicted molar refractivity (Wildman–Crippen MR) is 76.1 cm³/mol. The van der Waals surface area contributed by atoms with Gasteiger partial charge in [0.2, 0.25) is 0 Å². The number of aromatic nitrogens is 1. The minimum Gasteiger partial charge on any atom is -0.408 e. The molecule has 3 N–H and O–H groups in total. The number of rotatable bonds is 2. The largest absolute Gasteiger partial charge is 0.417 e. The molecule has 0 radical (unpaired) electrons. The molecule has 20 heavy (non-hydrogen) atoms. The first-order valence-corrected chi connectivity index (χ1v) is 6.15. The number of hydrogen-bond acceptors (Lipinski definition) is 4. The molecule has 0 unspecified atom stereocenters. The summed E-state index contributed by atoms with van der Waals surface area (Å²) < 4.78 is 4.93. The molecule has 2 aromatic carbocycles. The number of nitrogens with two attached hydrogens (primary N) is 1. The molecular weight excluding hydrogens is 280 g/mol. The van der Waals surface area contributed by atoms with Crippen LogP contribution < -0.4 is 11.5 Å². The molecule has 1 aromatic heterocycles. The summed E-state index contributed by atoms with van der Waals surface area (Å²) in [4.78, 5) is 25.9. The van der Waals surface area contributed by atoms with E-state index in [1.165, 1.54) is 12.1 Å². The molecule has 3 rings (SSSR count). The summed E-state index contributed by atoms with van der Waals surface area (Å²) in [5, 5.41) is 0.324. The molecule has 0 fully saturated rings. The van der Waals surface area contributed by atoms with E-state index in [0.717, 1.165) is 0 Å². The summed E-state index contributed by atoms with van der Waals surface area (Å²) in [6.45, 7) is 0. The third-order valence-corrected chi connectivity index (χ3v) is 3.27. The van der Waals surface area contributed by atoms with Gasteiger partial charge in [0.05, 0.1) is 16.2 Å². The number of fused-ring (bicyclic) bond motifs is 1. The monoisotopic (exact) mass is 288 g/mol. The van der Waals surface area contributed by atoms with Crippen LogP contribution in [0, 0.1) is 0 Å². The standard InChI is InChI=1S/C14H9ClN2O3/c15-9-5-7(1-3-10(9)16)13(18)8-2-4-11-12(6-8)20-14(19)17-11/h1-6H,16H2,(H,17,19). The molecule has 0 aliphatic heterocycles. The first kappa shape index (κ1) is 12.5. The van der Waals surface area contributed by atoms with Crippen LogP contribution in [0.2, 0.25) is 5.02 Å². The van der Waals surface area contributed by atoms with Crippen molar-refractivity contribution in [1.82, 2.24) is 4.98 Å². The Hall–Kier alpha value is -2.53. The number of aromatic amines is 1. The summed E-state index contributed by atoms with van der Waals surface area (Å²) in [7, 11) is 0. The number of benzene rings is 2. The van der Waals surface area contributed by atoms with Gasteiger partial charge in [-0.1, -0.05) is 11.6 Å². The second kappa shape index (κ2) is 4.54. The first-order valence-electron chi connectivity index (χ1n) is 5.77. The van der Waals surface area contributed by atoms with Gasteiger partial charge in [-0.3, -0.25) is 9.78 Å². The Morgan fingerprint density at radius 1 is 1.15 bits per heavy atom. The van der Waals surface area contributed by atoms with Crippen molar-refractivity contribution in [2.75, 3.05) is 5.73 Å². The molecule has 3 aromatic rings. The van der Waals surface area contributed by atoms with E-state index in [9.17, 15) is 9.59 Å². The van der Waals surface area contributed by atoms with Crippen LogP contribution in [0.4, 0.5) is 5.69 Å². The van der Waals surface area contributed by atoms with Crippen LogP contribution in [-0.2, 0) is 0 Å². The lowest BCUT2D eigenvalue weighted by Gasteiger charge is -2.03. The molecule has 0 bridgehead atoms. The molecule has 6 heteroatoms. The molecule has 0 saturated carbocycles. The van der Waals surface area contributed by atoms with E-state index in [4.69, 9.17) is 21.8 Å². The zero-order valence-electron chi connectivity index (χ0n) is 10.1. The van der Waals surface area contributed by atoms with E-state index in [1.54, 1.807) is 24.3 Å². The van der Waals surface area contributed by atoms with Crippen molar-refractivity contribution in [3.63, 3.8) is 0 Å². The Bertz CT molecular complexity index is 880. The predicted octanol–water partition coefficient (Wildman–Crippen LogP) is 2.59. The number of carbonyl (C=O) groups is 1. The fourth-order valence-corrected chi connectivity index (χ4v) is 2.10. The molecule has 1 heterocycles. The van der Waals surface area contributed by atoms with Crippen LogP contribution >= 0.6 is 11.6 Å². The highest BCUT2D eigenvalue weighted by Crippen LogP contribution is 2.22. The van der Waals surface area contributed by atoms with Crippen molar-refractivity contribution in [2.24, 2.45) is 0 Å². The fraction of sp³-hybridized carbons (Fsp3) is 0. The molecule has 0 amide bonds. The summed E-state index contributed by atoms with van der Waals surface area (Å²) in [5.41, 5.74) is 7.72. The van der Waals surface area contributed by atoms with Crippen molar-refractivity contribution in [3.8, 4) is 0 Å². The fourth-order valence-electron chi connectivity index (χ4n) is 1.92. The minimum absolute atomic E-state index is 0.224. The Kier molecular flexibility index (Phi) is 2.84. The molecule has 0 spiro atoms. The van der Waals surface area contributed by atoms with Crippen LogP contribution in [0.3, 0.4) is 0 Å². The normalized spacial score (nSPS) is 10.8. The van der Waals surface area contributed by atoms with E-state index in [2.05, 4.69) is 4.98 Å². The van der Waals surface area contributed by atoms with Crippen LogP contribution in [0.1, 0.15) is 15.9 Å². The molecule has 100 valence electrons. The van der Waals surface area contributed by atoms with Gasteiger partial charge in [0.1, 0.15) is 0 Å². The Balaban J connectivity index is 2.07. The van der Waals surface area contributed by atoms with Gasteiger partial charge in [0.15, 0.2) is 11.4 Å². The van der Waals surface area contributed by atoms with E-state index >= 15 is 0 Å². The number of nitrogens with one attached hydrogen (secondary N) is 1. The molecule has 5 nitrogen and oxygen atoms in total. The quantitative estimate of drug-likeness (QED) is 0.560.